The number of hydrogen-bond donors (Lipinski definition) is 1. The van der Waals surface area contributed by atoms with Gasteiger partial charge in [0.15, 0.2) is 0 Å². The molecule has 0 spiro atoms. The second-order valence-electron chi connectivity index (χ2n) is 2.98. The Kier molecular flexibility index (Phi) is 1.88. The Morgan fingerprint density at radius 3 is 3.15 bits per heavy atom. The third-order valence-corrected chi connectivity index (χ3v) is 2.02. The Hall–Kier alpha value is -1.58. The molecule has 68 valence electrons. The predicted octanol–water partition coefficient (Wildman–Crippen LogP) is 0.505. The van der Waals surface area contributed by atoms with Gasteiger partial charge in [0.05, 0.1) is 6.61 Å². The Labute approximate surface area is 75.7 Å². The first-order valence-electron chi connectivity index (χ1n) is 4.20. The number of hydrogen-bond acceptors (Lipinski definition) is 3. The molecule has 0 bridgehead atoms. The van der Waals surface area contributed by atoms with E-state index in [9.17, 15) is 4.79 Å². The van der Waals surface area contributed by atoms with Gasteiger partial charge >= 0.3 is 0 Å². The zero-order chi connectivity index (χ0) is 9.26. The lowest BCUT2D eigenvalue weighted by Gasteiger charge is -2.15. The first-order chi connectivity index (χ1) is 6.27. The first kappa shape index (κ1) is 8.04. The second-order valence-corrected chi connectivity index (χ2v) is 2.98. The van der Waals surface area contributed by atoms with Gasteiger partial charge in [-0.2, -0.15) is 0 Å². The number of fused-ring (bicyclic) bond motifs is 1. The molecule has 2 rings (SSSR count). The Balaban J connectivity index is 2.40. The molecule has 0 atom stereocenters. The standard InChI is InChI=1S/C9H10N2O2/c10-8(12)7-4-3-6-2-1-5-13-9(6)11-7/h3-4H,1-2,5H2,(H2,10,12). The lowest BCUT2D eigenvalue weighted by Crippen LogP contribution is -2.16. The molecule has 4 heteroatoms. The van der Waals surface area contributed by atoms with Crippen LogP contribution in [0.2, 0.25) is 0 Å². The molecule has 0 saturated carbocycles. The fourth-order valence-electron chi connectivity index (χ4n) is 1.35. The summed E-state index contributed by atoms with van der Waals surface area (Å²) in [6.45, 7) is 0.669. The van der Waals surface area contributed by atoms with Crippen LogP contribution in [-0.4, -0.2) is 17.5 Å². The minimum atomic E-state index is -0.517. The summed E-state index contributed by atoms with van der Waals surface area (Å²) >= 11 is 0. The number of aromatic nitrogens is 1. The van der Waals surface area contributed by atoms with Crippen LogP contribution in [0, 0.1) is 0 Å². The van der Waals surface area contributed by atoms with Crippen molar-refractivity contribution in [2.75, 3.05) is 6.61 Å². The Bertz CT molecular complexity index is 349. The number of amides is 1. The summed E-state index contributed by atoms with van der Waals surface area (Å²) < 4.78 is 5.30. The van der Waals surface area contributed by atoms with Gasteiger partial charge in [0.2, 0.25) is 5.88 Å². The molecule has 1 aromatic rings. The van der Waals surface area contributed by atoms with Crippen LogP contribution in [0.1, 0.15) is 22.5 Å². The smallest absolute Gasteiger partial charge is 0.267 e. The van der Waals surface area contributed by atoms with E-state index in [2.05, 4.69) is 4.98 Å². The quantitative estimate of drug-likeness (QED) is 0.681. The average molecular weight is 178 g/mol. The van der Waals surface area contributed by atoms with Crippen molar-refractivity contribution in [3.05, 3.63) is 23.4 Å². The molecule has 1 aromatic heterocycles. The number of nitrogens with zero attached hydrogens (tertiary/aromatic N) is 1. The molecule has 0 radical (unpaired) electrons. The summed E-state index contributed by atoms with van der Waals surface area (Å²) in [4.78, 5) is 14.8. The van der Waals surface area contributed by atoms with Crippen molar-refractivity contribution in [3.8, 4) is 5.88 Å². The largest absolute Gasteiger partial charge is 0.477 e. The number of ether oxygens (including phenoxy) is 1. The number of carbonyl (C=O) groups is 1. The SMILES string of the molecule is NC(=O)c1ccc2c(n1)OCCC2. The molecule has 0 fully saturated rings. The van der Waals surface area contributed by atoms with E-state index in [-0.39, 0.29) is 5.69 Å². The summed E-state index contributed by atoms with van der Waals surface area (Å²) in [7, 11) is 0. The fourth-order valence-corrected chi connectivity index (χ4v) is 1.35. The van der Waals surface area contributed by atoms with Crippen LogP contribution < -0.4 is 10.5 Å². The van der Waals surface area contributed by atoms with Gasteiger partial charge in [-0.25, -0.2) is 4.98 Å². The van der Waals surface area contributed by atoms with E-state index in [1.54, 1.807) is 6.07 Å². The zero-order valence-electron chi connectivity index (χ0n) is 7.12. The van der Waals surface area contributed by atoms with Crippen molar-refractivity contribution < 1.29 is 9.53 Å². The monoisotopic (exact) mass is 178 g/mol. The number of primary amides is 1. The maximum absolute atomic E-state index is 10.8. The molecule has 0 aromatic carbocycles. The van der Waals surface area contributed by atoms with E-state index in [0.717, 1.165) is 18.4 Å². The number of rotatable bonds is 1. The topological polar surface area (TPSA) is 65.2 Å². The van der Waals surface area contributed by atoms with Crippen LogP contribution in [0.25, 0.3) is 0 Å². The molecule has 2 N–H and O–H groups in total. The summed E-state index contributed by atoms with van der Waals surface area (Å²) in [5.74, 6) is 0.0412. The molecule has 0 aliphatic carbocycles. The minimum absolute atomic E-state index is 0.264. The lowest BCUT2D eigenvalue weighted by molar-refractivity contribution is 0.0994. The molecule has 1 amide bonds. The van der Waals surface area contributed by atoms with Gasteiger partial charge in [-0.3, -0.25) is 4.79 Å². The third-order valence-electron chi connectivity index (χ3n) is 2.02. The van der Waals surface area contributed by atoms with Crippen LogP contribution in [0.5, 0.6) is 5.88 Å². The lowest BCUT2D eigenvalue weighted by atomic mass is 10.1. The molecule has 13 heavy (non-hydrogen) atoms. The van der Waals surface area contributed by atoms with E-state index in [0.29, 0.717) is 12.5 Å². The normalized spacial score (nSPS) is 14.5. The van der Waals surface area contributed by atoms with Crippen LogP contribution in [0.3, 0.4) is 0 Å². The van der Waals surface area contributed by atoms with Gasteiger partial charge < -0.3 is 10.5 Å². The van der Waals surface area contributed by atoms with Gasteiger partial charge in [-0.1, -0.05) is 6.07 Å². The fraction of sp³-hybridized carbons (Fsp3) is 0.333. The second kappa shape index (κ2) is 3.05. The number of pyridine rings is 1. The van der Waals surface area contributed by atoms with Gasteiger partial charge in [-0.05, 0) is 18.9 Å². The van der Waals surface area contributed by atoms with Crippen molar-refractivity contribution in [2.45, 2.75) is 12.8 Å². The maximum Gasteiger partial charge on any atom is 0.267 e. The van der Waals surface area contributed by atoms with Crippen molar-refractivity contribution in [1.29, 1.82) is 0 Å². The summed E-state index contributed by atoms with van der Waals surface area (Å²) in [5, 5.41) is 0. The van der Waals surface area contributed by atoms with Gasteiger partial charge in [0.25, 0.3) is 5.91 Å². The van der Waals surface area contributed by atoms with Crippen LogP contribution in [0.4, 0.5) is 0 Å². The molecular formula is C9H10N2O2. The summed E-state index contributed by atoms with van der Waals surface area (Å²) in [6.07, 6.45) is 1.96. The van der Waals surface area contributed by atoms with Crippen LogP contribution in [-0.2, 0) is 6.42 Å². The van der Waals surface area contributed by atoms with Crippen molar-refractivity contribution >= 4 is 5.91 Å². The van der Waals surface area contributed by atoms with E-state index in [1.807, 2.05) is 6.07 Å². The minimum Gasteiger partial charge on any atom is -0.477 e. The highest BCUT2D eigenvalue weighted by Gasteiger charge is 2.13. The van der Waals surface area contributed by atoms with Crippen molar-refractivity contribution in [3.63, 3.8) is 0 Å². The predicted molar refractivity (Wildman–Crippen MR) is 46.6 cm³/mol. The molecule has 2 heterocycles. The highest BCUT2D eigenvalue weighted by molar-refractivity contribution is 5.90. The van der Waals surface area contributed by atoms with E-state index < -0.39 is 5.91 Å². The van der Waals surface area contributed by atoms with Gasteiger partial charge in [-0.15, -0.1) is 0 Å². The molecule has 4 nitrogen and oxygen atoms in total. The summed E-state index contributed by atoms with van der Waals surface area (Å²) in [5.41, 5.74) is 6.41. The molecule has 1 aliphatic rings. The zero-order valence-corrected chi connectivity index (χ0v) is 7.12. The Morgan fingerprint density at radius 1 is 1.54 bits per heavy atom. The summed E-state index contributed by atoms with van der Waals surface area (Å²) in [6, 6.07) is 3.48. The third kappa shape index (κ3) is 1.47. The van der Waals surface area contributed by atoms with E-state index >= 15 is 0 Å². The molecule has 1 aliphatic heterocycles. The maximum atomic E-state index is 10.8. The highest BCUT2D eigenvalue weighted by atomic mass is 16.5. The number of carbonyl (C=O) groups excluding carboxylic acids is 1. The van der Waals surface area contributed by atoms with Crippen LogP contribution in [0.15, 0.2) is 12.1 Å². The number of nitrogens with two attached hydrogens (primary N) is 1. The average Bonchev–Trinajstić information content (AvgIpc) is 2.17. The van der Waals surface area contributed by atoms with Crippen molar-refractivity contribution in [1.82, 2.24) is 4.98 Å². The molecule has 0 saturated heterocycles. The Morgan fingerprint density at radius 2 is 2.38 bits per heavy atom. The molecule has 0 unspecified atom stereocenters. The van der Waals surface area contributed by atoms with Gasteiger partial charge in [0, 0.05) is 5.56 Å². The van der Waals surface area contributed by atoms with Crippen molar-refractivity contribution in [2.24, 2.45) is 5.73 Å². The van der Waals surface area contributed by atoms with E-state index in [1.165, 1.54) is 0 Å². The van der Waals surface area contributed by atoms with Crippen LogP contribution >= 0.6 is 0 Å². The molecular weight excluding hydrogens is 168 g/mol. The number of aryl methyl sites for hydroxylation is 1. The van der Waals surface area contributed by atoms with E-state index in [4.69, 9.17) is 10.5 Å². The highest BCUT2D eigenvalue weighted by Crippen LogP contribution is 2.21. The van der Waals surface area contributed by atoms with Gasteiger partial charge in [0.1, 0.15) is 5.69 Å². The first-order valence-corrected chi connectivity index (χ1v) is 4.20.